The SMILES string of the molecule is CCC(CC)n1nc(C(N)=O)c2ccccc21. The van der Waals surface area contributed by atoms with Gasteiger partial charge in [0.25, 0.3) is 5.91 Å². The Hall–Kier alpha value is -1.84. The highest BCUT2D eigenvalue weighted by molar-refractivity contribution is 6.04. The first-order valence-electron chi connectivity index (χ1n) is 5.96. The average molecular weight is 231 g/mol. The summed E-state index contributed by atoms with van der Waals surface area (Å²) in [4.78, 5) is 11.4. The predicted octanol–water partition coefficient (Wildman–Crippen LogP) is 2.50. The van der Waals surface area contributed by atoms with E-state index in [2.05, 4.69) is 18.9 Å². The maximum Gasteiger partial charge on any atom is 0.269 e. The molecule has 2 rings (SSSR count). The van der Waals surface area contributed by atoms with Gasteiger partial charge in [0.15, 0.2) is 5.69 Å². The molecule has 0 radical (unpaired) electrons. The number of rotatable bonds is 4. The van der Waals surface area contributed by atoms with Crippen molar-refractivity contribution in [1.29, 1.82) is 0 Å². The van der Waals surface area contributed by atoms with Gasteiger partial charge in [0.2, 0.25) is 0 Å². The highest BCUT2D eigenvalue weighted by Crippen LogP contribution is 2.24. The van der Waals surface area contributed by atoms with E-state index in [-0.39, 0.29) is 0 Å². The lowest BCUT2D eigenvalue weighted by Gasteiger charge is -2.13. The second kappa shape index (κ2) is 4.57. The van der Waals surface area contributed by atoms with Crippen molar-refractivity contribution in [2.24, 2.45) is 5.73 Å². The molecule has 0 aliphatic heterocycles. The van der Waals surface area contributed by atoms with Crippen LogP contribution in [0.4, 0.5) is 0 Å². The van der Waals surface area contributed by atoms with Crippen LogP contribution in [0.3, 0.4) is 0 Å². The number of nitrogens with zero attached hydrogens (tertiary/aromatic N) is 2. The number of carbonyl (C=O) groups excluding carboxylic acids is 1. The lowest BCUT2D eigenvalue weighted by Crippen LogP contribution is -2.14. The van der Waals surface area contributed by atoms with Gasteiger partial charge < -0.3 is 5.73 Å². The summed E-state index contributed by atoms with van der Waals surface area (Å²) in [5, 5.41) is 5.21. The molecule has 90 valence electrons. The Kier molecular flexibility index (Phi) is 3.13. The summed E-state index contributed by atoms with van der Waals surface area (Å²) in [5.74, 6) is -0.467. The van der Waals surface area contributed by atoms with Crippen LogP contribution in [-0.2, 0) is 0 Å². The van der Waals surface area contributed by atoms with Gasteiger partial charge in [-0.25, -0.2) is 0 Å². The molecule has 0 saturated carbocycles. The Morgan fingerprint density at radius 2 is 2.00 bits per heavy atom. The van der Waals surface area contributed by atoms with Crippen LogP contribution in [-0.4, -0.2) is 15.7 Å². The van der Waals surface area contributed by atoms with Crippen molar-refractivity contribution in [3.8, 4) is 0 Å². The molecule has 0 atom stereocenters. The minimum Gasteiger partial charge on any atom is -0.364 e. The van der Waals surface area contributed by atoms with Crippen molar-refractivity contribution in [2.75, 3.05) is 0 Å². The number of hydrogen-bond donors (Lipinski definition) is 1. The zero-order chi connectivity index (χ0) is 12.4. The van der Waals surface area contributed by atoms with Crippen LogP contribution in [0.5, 0.6) is 0 Å². The molecular formula is C13H17N3O. The largest absolute Gasteiger partial charge is 0.364 e. The van der Waals surface area contributed by atoms with Crippen molar-refractivity contribution in [3.05, 3.63) is 30.0 Å². The Bertz CT molecular complexity index is 541. The van der Waals surface area contributed by atoms with Crippen molar-refractivity contribution in [1.82, 2.24) is 9.78 Å². The summed E-state index contributed by atoms with van der Waals surface area (Å²) < 4.78 is 1.93. The minimum absolute atomic E-state index is 0.313. The van der Waals surface area contributed by atoms with Crippen molar-refractivity contribution in [2.45, 2.75) is 32.7 Å². The average Bonchev–Trinajstić information content (AvgIpc) is 2.71. The summed E-state index contributed by atoms with van der Waals surface area (Å²) >= 11 is 0. The quantitative estimate of drug-likeness (QED) is 0.878. The van der Waals surface area contributed by atoms with Gasteiger partial charge in [0, 0.05) is 5.39 Å². The van der Waals surface area contributed by atoms with E-state index in [1.807, 2.05) is 28.9 Å². The Morgan fingerprint density at radius 3 is 2.59 bits per heavy atom. The molecule has 1 amide bonds. The van der Waals surface area contributed by atoms with Gasteiger partial charge in [0.05, 0.1) is 11.6 Å². The summed E-state index contributed by atoms with van der Waals surface area (Å²) in [6.07, 6.45) is 1.97. The lowest BCUT2D eigenvalue weighted by molar-refractivity contribution is 0.0996. The molecule has 4 heteroatoms. The van der Waals surface area contributed by atoms with Gasteiger partial charge in [-0.15, -0.1) is 0 Å². The van der Waals surface area contributed by atoms with E-state index < -0.39 is 5.91 Å². The molecule has 1 aromatic carbocycles. The van der Waals surface area contributed by atoms with E-state index in [4.69, 9.17) is 5.73 Å². The molecular weight excluding hydrogens is 214 g/mol. The smallest absolute Gasteiger partial charge is 0.269 e. The number of aromatic nitrogens is 2. The van der Waals surface area contributed by atoms with E-state index in [9.17, 15) is 4.79 Å². The number of fused-ring (bicyclic) bond motifs is 1. The van der Waals surface area contributed by atoms with Crippen molar-refractivity contribution >= 4 is 16.8 Å². The third kappa shape index (κ3) is 1.90. The van der Waals surface area contributed by atoms with Crippen LogP contribution in [0.25, 0.3) is 10.9 Å². The molecule has 0 saturated heterocycles. The first-order valence-corrected chi connectivity index (χ1v) is 5.96. The zero-order valence-corrected chi connectivity index (χ0v) is 10.2. The molecule has 17 heavy (non-hydrogen) atoms. The van der Waals surface area contributed by atoms with E-state index in [1.165, 1.54) is 0 Å². The standard InChI is InChI=1S/C13H17N3O/c1-3-9(4-2)16-11-8-6-5-7-10(11)12(15-16)13(14)17/h5-9H,3-4H2,1-2H3,(H2,14,17). The van der Waals surface area contributed by atoms with Gasteiger partial charge >= 0.3 is 0 Å². The monoisotopic (exact) mass is 231 g/mol. The fourth-order valence-corrected chi connectivity index (χ4v) is 2.18. The van der Waals surface area contributed by atoms with E-state index in [0.29, 0.717) is 11.7 Å². The first-order chi connectivity index (χ1) is 8.19. The lowest BCUT2D eigenvalue weighted by atomic mass is 10.1. The molecule has 0 fully saturated rings. The number of carbonyl (C=O) groups is 1. The van der Waals surface area contributed by atoms with Crippen molar-refractivity contribution < 1.29 is 4.79 Å². The topological polar surface area (TPSA) is 60.9 Å². The number of hydrogen-bond acceptors (Lipinski definition) is 2. The minimum atomic E-state index is -0.467. The van der Waals surface area contributed by atoms with Crippen LogP contribution < -0.4 is 5.73 Å². The second-order valence-electron chi connectivity index (χ2n) is 4.14. The Balaban J connectivity index is 2.68. The van der Waals surface area contributed by atoms with Gasteiger partial charge in [-0.1, -0.05) is 32.0 Å². The van der Waals surface area contributed by atoms with Crippen molar-refractivity contribution in [3.63, 3.8) is 0 Å². The Labute approximate surface area is 100 Å². The molecule has 1 heterocycles. The summed E-state index contributed by atoms with van der Waals surface area (Å²) in [6.45, 7) is 4.24. The third-order valence-electron chi connectivity index (χ3n) is 3.14. The van der Waals surface area contributed by atoms with Gasteiger partial charge in [-0.05, 0) is 18.9 Å². The van der Waals surface area contributed by atoms with E-state index >= 15 is 0 Å². The van der Waals surface area contributed by atoms with E-state index in [1.54, 1.807) is 0 Å². The molecule has 1 aromatic heterocycles. The number of para-hydroxylation sites is 1. The molecule has 0 bridgehead atoms. The van der Waals surface area contributed by atoms with Gasteiger partial charge in [-0.2, -0.15) is 5.10 Å². The molecule has 0 aliphatic carbocycles. The summed E-state index contributed by atoms with van der Waals surface area (Å²) in [7, 11) is 0. The third-order valence-corrected chi connectivity index (χ3v) is 3.14. The van der Waals surface area contributed by atoms with Crippen LogP contribution in [0.15, 0.2) is 24.3 Å². The maximum atomic E-state index is 11.4. The Morgan fingerprint density at radius 1 is 1.35 bits per heavy atom. The van der Waals surface area contributed by atoms with Gasteiger partial charge in [0.1, 0.15) is 0 Å². The maximum absolute atomic E-state index is 11.4. The van der Waals surface area contributed by atoms with Crippen LogP contribution in [0, 0.1) is 0 Å². The second-order valence-corrected chi connectivity index (χ2v) is 4.14. The molecule has 2 N–H and O–H groups in total. The zero-order valence-electron chi connectivity index (χ0n) is 10.2. The molecule has 2 aromatic rings. The normalized spacial score (nSPS) is 11.2. The molecule has 0 unspecified atom stereocenters. The van der Waals surface area contributed by atoms with Gasteiger partial charge in [-0.3, -0.25) is 9.48 Å². The molecule has 4 nitrogen and oxygen atoms in total. The van der Waals surface area contributed by atoms with Crippen LogP contribution >= 0.6 is 0 Å². The summed E-state index contributed by atoms with van der Waals surface area (Å²) in [6, 6.07) is 8.03. The molecule has 0 aliphatic rings. The number of amides is 1. The fourth-order valence-electron chi connectivity index (χ4n) is 2.18. The predicted molar refractivity (Wildman–Crippen MR) is 67.9 cm³/mol. The molecule has 0 spiro atoms. The fraction of sp³-hybridized carbons (Fsp3) is 0.385. The highest BCUT2D eigenvalue weighted by atomic mass is 16.1. The number of primary amides is 1. The van der Waals surface area contributed by atoms with Crippen LogP contribution in [0.2, 0.25) is 0 Å². The number of benzene rings is 1. The van der Waals surface area contributed by atoms with Crippen LogP contribution in [0.1, 0.15) is 43.2 Å². The first kappa shape index (κ1) is 11.6. The highest BCUT2D eigenvalue weighted by Gasteiger charge is 2.17. The number of nitrogens with two attached hydrogens (primary N) is 1. The van der Waals surface area contributed by atoms with E-state index in [0.717, 1.165) is 23.7 Å². The summed E-state index contributed by atoms with van der Waals surface area (Å²) in [5.41, 5.74) is 6.71.